The first-order valence-electron chi connectivity index (χ1n) is 10.2. The van der Waals surface area contributed by atoms with Crippen LogP contribution in [0, 0.1) is 17.8 Å². The number of sulfone groups is 1. The topological polar surface area (TPSA) is 86.7 Å². The lowest BCUT2D eigenvalue weighted by Crippen LogP contribution is -2.51. The lowest BCUT2D eigenvalue weighted by molar-refractivity contribution is -0.131. The fraction of sp³-hybridized carbons (Fsp3) is 0.522. The van der Waals surface area contributed by atoms with Crippen LogP contribution in [0.5, 0.6) is 0 Å². The second-order valence-electron chi connectivity index (χ2n) is 8.45. The number of benzene rings is 1. The van der Waals surface area contributed by atoms with Gasteiger partial charge in [-0.3, -0.25) is 14.9 Å². The van der Waals surface area contributed by atoms with Crippen molar-refractivity contribution < 1.29 is 18.4 Å². The molecule has 0 fully saturated rings. The van der Waals surface area contributed by atoms with Crippen molar-refractivity contribution in [2.24, 2.45) is 5.92 Å². The Labute approximate surface area is 180 Å². The van der Waals surface area contributed by atoms with Gasteiger partial charge >= 0.3 is 0 Å². The van der Waals surface area contributed by atoms with Gasteiger partial charge in [-0.05, 0) is 49.0 Å². The standard InChI is InChI=1S/C23H32N2O4S/c1-18(2)6-5-7-19-8-10-20(11-9-19)21-12-15-25(16-13-21)17-14-23(3,22(26)24-27)30(4,28)29/h8-12,18,27H,6,13-17H2,1-4H3,(H,24,26). The molecule has 0 saturated carbocycles. The van der Waals surface area contributed by atoms with Crippen molar-refractivity contribution in [1.29, 1.82) is 0 Å². The number of nitrogens with one attached hydrogen (secondary N) is 1. The minimum Gasteiger partial charge on any atom is -0.299 e. The fourth-order valence-corrected chi connectivity index (χ4v) is 4.10. The third-order valence-electron chi connectivity index (χ3n) is 5.60. The summed E-state index contributed by atoms with van der Waals surface area (Å²) in [5, 5.41) is 8.93. The summed E-state index contributed by atoms with van der Waals surface area (Å²) in [4.78, 5) is 14.1. The van der Waals surface area contributed by atoms with Gasteiger partial charge in [-0.25, -0.2) is 13.9 Å². The molecular formula is C23H32N2O4S. The molecule has 2 rings (SSSR count). The summed E-state index contributed by atoms with van der Waals surface area (Å²) in [6.07, 6.45) is 5.02. The van der Waals surface area contributed by atoms with Crippen molar-refractivity contribution in [2.45, 2.75) is 44.8 Å². The lowest BCUT2D eigenvalue weighted by Gasteiger charge is -2.31. The van der Waals surface area contributed by atoms with Gasteiger partial charge in [-0.15, -0.1) is 0 Å². The van der Waals surface area contributed by atoms with Gasteiger partial charge in [0.25, 0.3) is 5.91 Å². The van der Waals surface area contributed by atoms with Crippen molar-refractivity contribution in [2.75, 3.05) is 25.9 Å². The average Bonchev–Trinajstić information content (AvgIpc) is 2.71. The summed E-state index contributed by atoms with van der Waals surface area (Å²) < 4.78 is 22.5. The van der Waals surface area contributed by atoms with Crippen molar-refractivity contribution in [3.8, 4) is 11.8 Å². The molecule has 0 saturated heterocycles. The third-order valence-corrected chi connectivity index (χ3v) is 7.62. The Kier molecular flexibility index (Phi) is 8.25. The van der Waals surface area contributed by atoms with Crippen LogP contribution in [0.1, 0.15) is 51.2 Å². The van der Waals surface area contributed by atoms with Crippen LogP contribution in [0.4, 0.5) is 0 Å². The number of hydroxylamine groups is 1. The van der Waals surface area contributed by atoms with E-state index >= 15 is 0 Å². The first-order chi connectivity index (χ1) is 14.1. The molecule has 1 atom stereocenters. The molecule has 7 heteroatoms. The molecule has 2 N–H and O–H groups in total. The maximum Gasteiger partial charge on any atom is 0.264 e. The van der Waals surface area contributed by atoms with E-state index in [9.17, 15) is 13.2 Å². The van der Waals surface area contributed by atoms with Crippen LogP contribution in [0.3, 0.4) is 0 Å². The van der Waals surface area contributed by atoms with E-state index < -0.39 is 20.5 Å². The van der Waals surface area contributed by atoms with E-state index in [2.05, 4.69) is 48.8 Å². The second kappa shape index (κ2) is 10.3. The number of amides is 1. The molecule has 0 aromatic heterocycles. The van der Waals surface area contributed by atoms with Gasteiger partial charge in [0.15, 0.2) is 14.6 Å². The molecule has 1 unspecified atom stereocenters. The highest BCUT2D eigenvalue weighted by Crippen LogP contribution is 2.25. The Morgan fingerprint density at radius 2 is 1.97 bits per heavy atom. The van der Waals surface area contributed by atoms with E-state index in [0.717, 1.165) is 31.2 Å². The monoisotopic (exact) mass is 432 g/mol. The summed E-state index contributed by atoms with van der Waals surface area (Å²) in [6.45, 7) is 7.57. The van der Waals surface area contributed by atoms with Crippen LogP contribution in [0.15, 0.2) is 30.3 Å². The number of hydrogen-bond acceptors (Lipinski definition) is 5. The highest BCUT2D eigenvalue weighted by Gasteiger charge is 2.43. The summed E-state index contributed by atoms with van der Waals surface area (Å²) in [7, 11) is -3.67. The van der Waals surface area contributed by atoms with Gasteiger partial charge < -0.3 is 0 Å². The highest BCUT2D eigenvalue weighted by molar-refractivity contribution is 7.92. The van der Waals surface area contributed by atoms with E-state index in [4.69, 9.17) is 5.21 Å². The van der Waals surface area contributed by atoms with Gasteiger partial charge in [0.05, 0.1) is 0 Å². The van der Waals surface area contributed by atoms with Crippen LogP contribution in [0.2, 0.25) is 0 Å². The zero-order valence-electron chi connectivity index (χ0n) is 18.2. The summed E-state index contributed by atoms with van der Waals surface area (Å²) in [5.74, 6) is 6.07. The lowest BCUT2D eigenvalue weighted by atomic mass is 9.97. The second-order valence-corrected chi connectivity index (χ2v) is 10.9. The first-order valence-corrected chi connectivity index (χ1v) is 12.1. The van der Waals surface area contributed by atoms with E-state index in [-0.39, 0.29) is 6.42 Å². The molecule has 6 nitrogen and oxygen atoms in total. The molecule has 0 aliphatic carbocycles. The van der Waals surface area contributed by atoms with Crippen LogP contribution in [-0.4, -0.2) is 55.1 Å². The van der Waals surface area contributed by atoms with Crippen LogP contribution >= 0.6 is 0 Å². The van der Waals surface area contributed by atoms with Gasteiger partial charge in [-0.2, -0.15) is 0 Å². The quantitative estimate of drug-likeness (QED) is 0.393. The molecule has 30 heavy (non-hydrogen) atoms. The Balaban J connectivity index is 1.98. The molecule has 1 aliphatic rings. The normalized spacial score (nSPS) is 16.9. The van der Waals surface area contributed by atoms with Gasteiger partial charge in [0.1, 0.15) is 0 Å². The molecule has 1 amide bonds. The molecule has 0 radical (unpaired) electrons. The average molecular weight is 433 g/mol. The van der Waals surface area contributed by atoms with Crippen LogP contribution < -0.4 is 5.48 Å². The number of rotatable bonds is 7. The zero-order chi connectivity index (χ0) is 22.4. The molecule has 1 heterocycles. The van der Waals surface area contributed by atoms with Gasteiger partial charge in [0, 0.05) is 37.9 Å². The van der Waals surface area contributed by atoms with E-state index in [1.165, 1.54) is 23.5 Å². The van der Waals surface area contributed by atoms with Gasteiger partial charge in [0.2, 0.25) is 0 Å². The van der Waals surface area contributed by atoms with Crippen molar-refractivity contribution in [3.05, 3.63) is 41.5 Å². The minimum atomic E-state index is -3.67. The van der Waals surface area contributed by atoms with E-state index in [0.29, 0.717) is 19.0 Å². The SMILES string of the molecule is CC(C)CC#Cc1ccc(C2=CCN(CCC(C)(C(=O)NO)S(C)(=O)=O)CC2)cc1. The van der Waals surface area contributed by atoms with Crippen LogP contribution in [-0.2, 0) is 14.6 Å². The third kappa shape index (κ3) is 6.18. The highest BCUT2D eigenvalue weighted by atomic mass is 32.2. The van der Waals surface area contributed by atoms with Crippen molar-refractivity contribution in [1.82, 2.24) is 10.4 Å². The van der Waals surface area contributed by atoms with E-state index in [1.807, 2.05) is 12.1 Å². The van der Waals surface area contributed by atoms with Crippen LogP contribution in [0.25, 0.3) is 5.57 Å². The Hall–Kier alpha value is -2.14. The molecule has 0 bridgehead atoms. The number of hydrogen-bond donors (Lipinski definition) is 2. The molecular weight excluding hydrogens is 400 g/mol. The summed E-state index contributed by atoms with van der Waals surface area (Å²) in [5.41, 5.74) is 4.93. The number of carbonyl (C=O) groups excluding carboxylic acids is 1. The Morgan fingerprint density at radius 1 is 1.30 bits per heavy atom. The molecule has 1 aromatic rings. The number of nitrogens with zero attached hydrogens (tertiary/aromatic N) is 1. The predicted octanol–water partition coefficient (Wildman–Crippen LogP) is 2.87. The minimum absolute atomic E-state index is 0.116. The smallest absolute Gasteiger partial charge is 0.264 e. The molecule has 0 spiro atoms. The van der Waals surface area contributed by atoms with Gasteiger partial charge in [-0.1, -0.05) is 43.9 Å². The summed E-state index contributed by atoms with van der Waals surface area (Å²) in [6, 6.07) is 8.27. The van der Waals surface area contributed by atoms with Crippen molar-refractivity contribution in [3.63, 3.8) is 0 Å². The largest absolute Gasteiger partial charge is 0.299 e. The number of carbonyl (C=O) groups is 1. The van der Waals surface area contributed by atoms with Crippen molar-refractivity contribution >= 4 is 21.3 Å². The molecule has 1 aliphatic heterocycles. The molecule has 1 aromatic carbocycles. The zero-order valence-corrected chi connectivity index (χ0v) is 19.1. The Morgan fingerprint density at radius 3 is 2.47 bits per heavy atom. The maximum atomic E-state index is 12.1. The van der Waals surface area contributed by atoms with E-state index in [1.54, 1.807) is 0 Å². The predicted molar refractivity (Wildman–Crippen MR) is 120 cm³/mol. The fourth-order valence-electron chi connectivity index (χ4n) is 3.26. The first kappa shape index (κ1) is 24.1. The molecule has 164 valence electrons. The maximum absolute atomic E-state index is 12.1. The Bertz CT molecular complexity index is 940. The summed E-state index contributed by atoms with van der Waals surface area (Å²) >= 11 is 0.